The molecule has 1 aromatic heterocycles. The average molecular weight is 323 g/mol. The number of anilines is 1. The van der Waals surface area contributed by atoms with Gasteiger partial charge in [-0.25, -0.2) is 13.2 Å². The summed E-state index contributed by atoms with van der Waals surface area (Å²) in [4.78, 5) is 10.8. The van der Waals surface area contributed by atoms with Crippen molar-refractivity contribution in [2.75, 3.05) is 4.72 Å². The lowest BCUT2D eigenvalue weighted by Gasteiger charge is -2.08. The van der Waals surface area contributed by atoms with Gasteiger partial charge in [-0.05, 0) is 48.6 Å². The van der Waals surface area contributed by atoms with E-state index >= 15 is 0 Å². The molecule has 0 bridgehead atoms. The maximum Gasteiger partial charge on any atom is 0.345 e. The van der Waals surface area contributed by atoms with Gasteiger partial charge in [-0.2, -0.15) is 0 Å². The minimum atomic E-state index is -3.75. The molecule has 3 rings (SSSR count). The molecular weight excluding hydrogens is 310 g/mol. The predicted octanol–water partition coefficient (Wildman–Crippen LogP) is 2.74. The quantitative estimate of drug-likeness (QED) is 0.906. The fourth-order valence-electron chi connectivity index (χ4n) is 2.42. The first kappa shape index (κ1) is 14.1. The largest absolute Gasteiger partial charge is 0.477 e. The highest BCUT2D eigenvalue weighted by Gasteiger charge is 2.19. The number of benzene rings is 1. The molecule has 1 heterocycles. The molecule has 0 saturated heterocycles. The van der Waals surface area contributed by atoms with Crippen LogP contribution in [0.3, 0.4) is 0 Å². The summed E-state index contributed by atoms with van der Waals surface area (Å²) in [5.74, 6) is -1.13. The van der Waals surface area contributed by atoms with E-state index in [1.54, 1.807) is 6.07 Å². The summed E-state index contributed by atoms with van der Waals surface area (Å²) in [6.07, 6.45) is 3.10. The average Bonchev–Trinajstić information content (AvgIpc) is 3.07. The Bertz CT molecular complexity index is 808. The molecule has 2 aromatic rings. The van der Waals surface area contributed by atoms with Crippen LogP contribution >= 0.6 is 11.3 Å². The summed E-state index contributed by atoms with van der Waals surface area (Å²) in [5.41, 5.74) is 2.95. The zero-order chi connectivity index (χ0) is 15.0. The summed E-state index contributed by atoms with van der Waals surface area (Å²) in [7, 11) is -3.75. The van der Waals surface area contributed by atoms with E-state index in [2.05, 4.69) is 4.72 Å². The number of carboxylic acids is 1. The topological polar surface area (TPSA) is 83.5 Å². The first-order valence-corrected chi connectivity index (χ1v) is 8.78. The Balaban J connectivity index is 1.87. The lowest BCUT2D eigenvalue weighted by Crippen LogP contribution is -2.12. The number of rotatable bonds is 4. The normalized spacial score (nSPS) is 13.9. The van der Waals surface area contributed by atoms with Crippen LogP contribution < -0.4 is 4.72 Å². The molecule has 0 saturated carbocycles. The van der Waals surface area contributed by atoms with Crippen LogP contribution in [0.1, 0.15) is 27.2 Å². The molecule has 0 atom stereocenters. The SMILES string of the molecule is O=C(O)c1cc(S(=O)(=O)Nc2ccc3c(c2)CCC3)cs1. The number of hydrogen-bond acceptors (Lipinski definition) is 4. The fourth-order valence-corrected chi connectivity index (χ4v) is 4.58. The van der Waals surface area contributed by atoms with Crippen LogP contribution in [0.25, 0.3) is 0 Å². The molecule has 1 aliphatic carbocycles. The van der Waals surface area contributed by atoms with Gasteiger partial charge in [0, 0.05) is 11.1 Å². The Kier molecular flexibility index (Phi) is 3.46. The van der Waals surface area contributed by atoms with E-state index in [0.29, 0.717) is 5.69 Å². The Morgan fingerprint density at radius 3 is 2.67 bits per heavy atom. The van der Waals surface area contributed by atoms with Crippen LogP contribution in [0, 0.1) is 0 Å². The lowest BCUT2D eigenvalue weighted by atomic mass is 10.1. The minimum Gasteiger partial charge on any atom is -0.477 e. The lowest BCUT2D eigenvalue weighted by molar-refractivity contribution is 0.0702. The predicted molar refractivity (Wildman–Crippen MR) is 80.6 cm³/mol. The van der Waals surface area contributed by atoms with E-state index in [4.69, 9.17) is 5.11 Å². The Hall–Kier alpha value is -1.86. The van der Waals surface area contributed by atoms with Gasteiger partial charge in [-0.3, -0.25) is 4.72 Å². The third-order valence-electron chi connectivity index (χ3n) is 3.45. The molecule has 7 heteroatoms. The van der Waals surface area contributed by atoms with Crippen molar-refractivity contribution in [2.45, 2.75) is 24.2 Å². The third-order valence-corrected chi connectivity index (χ3v) is 5.88. The second kappa shape index (κ2) is 5.16. The zero-order valence-corrected chi connectivity index (χ0v) is 12.6. The number of nitrogens with one attached hydrogen (secondary N) is 1. The van der Waals surface area contributed by atoms with Crippen LogP contribution in [0.15, 0.2) is 34.5 Å². The van der Waals surface area contributed by atoms with Crippen molar-refractivity contribution >= 4 is 33.0 Å². The first-order chi connectivity index (χ1) is 9.95. The summed E-state index contributed by atoms with van der Waals surface area (Å²) in [6, 6.07) is 6.70. The number of aryl methyl sites for hydroxylation is 2. The highest BCUT2D eigenvalue weighted by Crippen LogP contribution is 2.27. The third kappa shape index (κ3) is 2.79. The Morgan fingerprint density at radius 1 is 1.19 bits per heavy atom. The zero-order valence-electron chi connectivity index (χ0n) is 11.0. The molecule has 0 amide bonds. The van der Waals surface area contributed by atoms with Crippen LogP contribution in [-0.2, 0) is 22.9 Å². The Morgan fingerprint density at radius 2 is 1.95 bits per heavy atom. The maximum atomic E-state index is 12.2. The van der Waals surface area contributed by atoms with Crippen LogP contribution in [0.2, 0.25) is 0 Å². The summed E-state index contributed by atoms with van der Waals surface area (Å²) in [6.45, 7) is 0. The first-order valence-electron chi connectivity index (χ1n) is 6.42. The molecule has 0 fully saturated rings. The number of fused-ring (bicyclic) bond motifs is 1. The van der Waals surface area contributed by atoms with E-state index in [9.17, 15) is 13.2 Å². The molecule has 0 radical (unpaired) electrons. The van der Waals surface area contributed by atoms with Gasteiger partial charge in [0.1, 0.15) is 4.88 Å². The molecule has 0 unspecified atom stereocenters. The van der Waals surface area contributed by atoms with E-state index in [-0.39, 0.29) is 9.77 Å². The van der Waals surface area contributed by atoms with Crippen molar-refractivity contribution in [1.82, 2.24) is 0 Å². The number of hydrogen-bond donors (Lipinski definition) is 2. The molecule has 21 heavy (non-hydrogen) atoms. The van der Waals surface area contributed by atoms with Gasteiger partial charge in [0.25, 0.3) is 10.0 Å². The monoisotopic (exact) mass is 323 g/mol. The molecule has 0 aliphatic heterocycles. The highest BCUT2D eigenvalue weighted by molar-refractivity contribution is 7.92. The van der Waals surface area contributed by atoms with E-state index < -0.39 is 16.0 Å². The van der Waals surface area contributed by atoms with Crippen molar-refractivity contribution in [3.63, 3.8) is 0 Å². The van der Waals surface area contributed by atoms with Gasteiger partial charge in [0.2, 0.25) is 0 Å². The molecule has 5 nitrogen and oxygen atoms in total. The molecule has 0 spiro atoms. The fraction of sp³-hybridized carbons (Fsp3) is 0.214. The smallest absolute Gasteiger partial charge is 0.345 e. The molecule has 2 N–H and O–H groups in total. The number of sulfonamides is 1. The van der Waals surface area contributed by atoms with Crippen molar-refractivity contribution in [3.8, 4) is 0 Å². The van der Waals surface area contributed by atoms with Crippen LogP contribution in [0.5, 0.6) is 0 Å². The second-order valence-corrected chi connectivity index (χ2v) is 7.49. The van der Waals surface area contributed by atoms with Gasteiger partial charge >= 0.3 is 5.97 Å². The molecule has 110 valence electrons. The van der Waals surface area contributed by atoms with E-state index in [0.717, 1.165) is 30.6 Å². The van der Waals surface area contributed by atoms with Crippen LogP contribution in [0.4, 0.5) is 5.69 Å². The summed E-state index contributed by atoms with van der Waals surface area (Å²) >= 11 is 0.896. The van der Waals surface area contributed by atoms with Crippen molar-refractivity contribution in [3.05, 3.63) is 45.6 Å². The van der Waals surface area contributed by atoms with Crippen LogP contribution in [-0.4, -0.2) is 19.5 Å². The Labute approximate surface area is 126 Å². The van der Waals surface area contributed by atoms with Crippen molar-refractivity contribution in [2.24, 2.45) is 0 Å². The van der Waals surface area contributed by atoms with Gasteiger partial charge in [0.05, 0.1) is 4.90 Å². The molecular formula is C14H13NO4S2. The van der Waals surface area contributed by atoms with Gasteiger partial charge in [-0.1, -0.05) is 6.07 Å². The highest BCUT2D eigenvalue weighted by atomic mass is 32.2. The number of carboxylic acid groups (broad SMARTS) is 1. The molecule has 1 aliphatic rings. The van der Waals surface area contributed by atoms with Gasteiger partial charge in [0.15, 0.2) is 0 Å². The van der Waals surface area contributed by atoms with Gasteiger partial charge < -0.3 is 5.11 Å². The summed E-state index contributed by atoms with van der Waals surface area (Å²) < 4.78 is 27.0. The minimum absolute atomic E-state index is 0.00401. The van der Waals surface area contributed by atoms with Gasteiger partial charge in [-0.15, -0.1) is 11.3 Å². The maximum absolute atomic E-state index is 12.2. The number of thiophene rings is 1. The van der Waals surface area contributed by atoms with E-state index in [1.165, 1.54) is 22.6 Å². The van der Waals surface area contributed by atoms with Crippen molar-refractivity contribution in [1.29, 1.82) is 0 Å². The standard InChI is InChI=1S/C14H13NO4S2/c16-14(17)13-7-12(8-20-13)21(18,19)15-11-5-4-9-2-1-3-10(9)6-11/h4-8,15H,1-3H2,(H,16,17). The second-order valence-electron chi connectivity index (χ2n) is 4.89. The number of carbonyl (C=O) groups is 1. The van der Waals surface area contributed by atoms with Crippen molar-refractivity contribution < 1.29 is 18.3 Å². The van der Waals surface area contributed by atoms with E-state index in [1.807, 2.05) is 12.1 Å². The molecule has 1 aromatic carbocycles. The summed E-state index contributed by atoms with van der Waals surface area (Å²) in [5, 5.41) is 10.2. The number of aromatic carboxylic acids is 1.